The Morgan fingerprint density at radius 2 is 1.66 bits per heavy atom. The van der Waals surface area contributed by atoms with Crippen LogP contribution in [0.15, 0.2) is 71.8 Å². The summed E-state index contributed by atoms with van der Waals surface area (Å²) in [5.74, 6) is -4.52. The molecule has 3 aliphatic carbocycles. The number of halogens is 1. The maximum absolute atomic E-state index is 15.0. The van der Waals surface area contributed by atoms with E-state index in [9.17, 15) is 39.6 Å². The topological polar surface area (TPSA) is 207 Å². The first-order valence-electron chi connectivity index (χ1n) is 19.9. The van der Waals surface area contributed by atoms with Gasteiger partial charge in [0.25, 0.3) is 0 Å². The van der Waals surface area contributed by atoms with Gasteiger partial charge in [-0.25, -0.2) is 4.79 Å². The third-order valence-electron chi connectivity index (χ3n) is 13.8. The number of carbonyl (C=O) groups is 4. The molecule has 2 saturated carbocycles. The Morgan fingerprint density at radius 3 is 2.22 bits per heavy atom. The number of nitrogens with one attached hydrogen (secondary N) is 1. The van der Waals surface area contributed by atoms with Gasteiger partial charge < -0.3 is 49.4 Å². The molecule has 1 unspecified atom stereocenters. The molecule has 2 aromatic rings. The van der Waals surface area contributed by atoms with Crippen LogP contribution < -0.4 is 5.32 Å². The van der Waals surface area contributed by atoms with Crippen LogP contribution in [-0.4, -0.2) is 116 Å². The Hall–Kier alpha value is -3.54. The lowest BCUT2D eigenvalue weighted by molar-refractivity contribution is -0.351. The zero-order valence-electron chi connectivity index (χ0n) is 34.6. The number of carbonyl (C=O) groups excluding carboxylic acids is 4. The number of aliphatic hydroxyl groups is 4. The highest BCUT2D eigenvalue weighted by Crippen LogP contribution is 2.64. The second-order valence-electron chi connectivity index (χ2n) is 17.4. The Balaban J connectivity index is 1.46. The fraction of sp³-hybridized carbons (Fsp3) is 0.591. The lowest BCUT2D eigenvalue weighted by atomic mass is 9.44. The maximum atomic E-state index is 15.0. The lowest BCUT2D eigenvalue weighted by Crippen LogP contribution is -2.81. The van der Waals surface area contributed by atoms with Crippen LogP contribution in [0.2, 0.25) is 0 Å². The largest absolute Gasteiger partial charge is 0.456 e. The molecule has 14 nitrogen and oxygen atoms in total. The van der Waals surface area contributed by atoms with Crippen molar-refractivity contribution in [3.8, 4) is 0 Å². The van der Waals surface area contributed by atoms with E-state index in [4.69, 9.17) is 23.7 Å². The van der Waals surface area contributed by atoms with Gasteiger partial charge in [-0.2, -0.15) is 0 Å². The highest BCUT2D eigenvalue weighted by atomic mass is 79.9. The predicted octanol–water partition coefficient (Wildman–Crippen LogP) is 3.40. The number of benzene rings is 2. The van der Waals surface area contributed by atoms with Crippen molar-refractivity contribution in [1.82, 2.24) is 5.32 Å². The third kappa shape index (κ3) is 7.38. The summed E-state index contributed by atoms with van der Waals surface area (Å²) in [6.45, 7) is 10.6. The van der Waals surface area contributed by atoms with E-state index in [-0.39, 0.29) is 37.2 Å². The van der Waals surface area contributed by atoms with Crippen LogP contribution in [0.5, 0.6) is 0 Å². The van der Waals surface area contributed by atoms with Gasteiger partial charge in [0.05, 0.1) is 43.0 Å². The van der Waals surface area contributed by atoms with Crippen LogP contribution in [0.1, 0.15) is 78.5 Å². The summed E-state index contributed by atoms with van der Waals surface area (Å²) in [5, 5.41) is 52.2. The zero-order valence-corrected chi connectivity index (χ0v) is 36.2. The van der Waals surface area contributed by atoms with Gasteiger partial charge in [0.1, 0.15) is 28.2 Å². The molecule has 2 bridgehead atoms. The molecular formula is C44H56BrNO13. The Morgan fingerprint density at radius 1 is 1.05 bits per heavy atom. The number of alkyl halides is 1. The molecule has 1 saturated heterocycles. The molecule has 1 heterocycles. The van der Waals surface area contributed by atoms with Crippen molar-refractivity contribution in [3.63, 3.8) is 0 Å². The average molecular weight is 887 g/mol. The Labute approximate surface area is 352 Å². The molecule has 2 aromatic carbocycles. The molecule has 322 valence electrons. The number of fused-ring (bicyclic) bond motifs is 5. The van der Waals surface area contributed by atoms with Crippen LogP contribution in [0.4, 0.5) is 0 Å². The van der Waals surface area contributed by atoms with E-state index < -0.39 is 105 Å². The van der Waals surface area contributed by atoms with Gasteiger partial charge in [-0.05, 0) is 50.0 Å². The van der Waals surface area contributed by atoms with Gasteiger partial charge in [-0.1, -0.05) is 90.4 Å². The fourth-order valence-electron chi connectivity index (χ4n) is 9.88. The quantitative estimate of drug-likeness (QED) is 0.118. The van der Waals surface area contributed by atoms with Gasteiger partial charge in [0, 0.05) is 38.2 Å². The predicted molar refractivity (Wildman–Crippen MR) is 216 cm³/mol. The van der Waals surface area contributed by atoms with E-state index in [1.165, 1.54) is 21.0 Å². The van der Waals surface area contributed by atoms with E-state index in [0.717, 1.165) is 0 Å². The summed E-state index contributed by atoms with van der Waals surface area (Å²) >= 11 is 3.43. The number of hydrogen-bond donors (Lipinski definition) is 5. The van der Waals surface area contributed by atoms with Crippen LogP contribution in [-0.2, 0) is 49.5 Å². The third-order valence-corrected chi connectivity index (χ3v) is 14.8. The molecule has 1 amide bonds. The molecule has 1 aliphatic heterocycles. The smallest absolute Gasteiger partial charge is 0.338 e. The highest BCUT2D eigenvalue weighted by molar-refractivity contribution is 9.10. The van der Waals surface area contributed by atoms with Crippen LogP contribution in [0.25, 0.3) is 0 Å². The zero-order chi connectivity index (χ0) is 43.5. The average Bonchev–Trinajstić information content (AvgIpc) is 3.19. The molecule has 4 aliphatic rings. The Kier molecular flexibility index (Phi) is 12.5. The van der Waals surface area contributed by atoms with E-state index >= 15 is 0 Å². The summed E-state index contributed by atoms with van der Waals surface area (Å²) in [6, 6.07) is 16.1. The number of amides is 1. The summed E-state index contributed by atoms with van der Waals surface area (Å²) in [5.41, 5.74) is -5.61. The van der Waals surface area contributed by atoms with E-state index in [2.05, 4.69) is 21.2 Å². The van der Waals surface area contributed by atoms with Gasteiger partial charge in [-0.3, -0.25) is 14.4 Å². The van der Waals surface area contributed by atoms with Crippen molar-refractivity contribution in [2.45, 2.75) is 132 Å². The van der Waals surface area contributed by atoms with Crippen molar-refractivity contribution >= 4 is 39.6 Å². The van der Waals surface area contributed by atoms with Crippen LogP contribution >= 0.6 is 15.9 Å². The first-order chi connectivity index (χ1) is 27.6. The Bertz CT molecular complexity index is 1960. The van der Waals surface area contributed by atoms with Gasteiger partial charge >= 0.3 is 11.9 Å². The number of methoxy groups -OCH3 is 1. The van der Waals surface area contributed by atoms with E-state index in [1.54, 1.807) is 65.0 Å². The minimum Gasteiger partial charge on any atom is -0.456 e. The number of Topliss-reactive ketones (excluding diaryl/α,β-unsaturated/α-hetero) is 1. The molecule has 0 spiro atoms. The first kappa shape index (κ1) is 45.0. The molecule has 13 atom stereocenters. The normalized spacial score (nSPS) is 34.9. The molecule has 0 aromatic heterocycles. The number of ketones is 1. The molecule has 0 radical (unpaired) electrons. The van der Waals surface area contributed by atoms with Crippen molar-refractivity contribution in [3.05, 3.63) is 82.9 Å². The number of esters is 2. The first-order valence-corrected chi connectivity index (χ1v) is 20.7. The van der Waals surface area contributed by atoms with Crippen molar-refractivity contribution in [2.75, 3.05) is 13.7 Å². The molecule has 3 fully saturated rings. The van der Waals surface area contributed by atoms with Gasteiger partial charge in [-0.15, -0.1) is 0 Å². The molecular weight excluding hydrogens is 830 g/mol. The second-order valence-corrected chi connectivity index (χ2v) is 19.0. The molecule has 15 heteroatoms. The van der Waals surface area contributed by atoms with Gasteiger partial charge in [0.2, 0.25) is 5.91 Å². The van der Waals surface area contributed by atoms with Crippen LogP contribution in [0, 0.1) is 16.7 Å². The summed E-state index contributed by atoms with van der Waals surface area (Å²) in [6.07, 6.45) is -10.1. The van der Waals surface area contributed by atoms with E-state index in [0.29, 0.717) is 11.1 Å². The van der Waals surface area contributed by atoms with Gasteiger partial charge in [0.15, 0.2) is 17.5 Å². The van der Waals surface area contributed by atoms with Crippen molar-refractivity contribution in [2.24, 2.45) is 16.7 Å². The fourth-order valence-corrected chi connectivity index (χ4v) is 10.2. The SMILES string of the molecule is CO[C@H](C)[C@@](C)(Br)C(=O)N[C@@H](c1ccccc1)[C@@H](O)C(=O)O[C@H]1C[C@@]2(O)[C@@H](OCc3ccccc3)[C@H]3[C@](C)(C(=O)[C@H](O)C(=C1C)C2(C)C)[C@@H](O)CC1OC[C@]13OC(C)=O. The maximum Gasteiger partial charge on any atom is 0.338 e. The van der Waals surface area contributed by atoms with Crippen molar-refractivity contribution < 1.29 is 63.3 Å². The van der Waals surface area contributed by atoms with Crippen LogP contribution in [0.3, 0.4) is 0 Å². The number of ether oxygens (including phenoxy) is 5. The number of aliphatic hydroxyl groups excluding tert-OH is 3. The minimum atomic E-state index is -2.12. The molecule has 6 rings (SSSR count). The summed E-state index contributed by atoms with van der Waals surface area (Å²) in [7, 11) is 1.45. The molecule has 5 N–H and O–H groups in total. The highest BCUT2D eigenvalue weighted by Gasteiger charge is 2.77. The number of rotatable bonds is 12. The minimum absolute atomic E-state index is 0.0498. The summed E-state index contributed by atoms with van der Waals surface area (Å²) in [4.78, 5) is 55.7. The second kappa shape index (κ2) is 16.4. The number of hydrogen-bond acceptors (Lipinski definition) is 13. The molecule has 59 heavy (non-hydrogen) atoms. The van der Waals surface area contributed by atoms with Crippen molar-refractivity contribution in [1.29, 1.82) is 0 Å². The lowest BCUT2D eigenvalue weighted by Gasteiger charge is -2.67. The standard InChI is InChI=1S/C44H56BrNO13/c1-23-28(58-38(52)34(50)32(27-17-13-10-14-18-27)46-39(53)42(7,45)24(2)55-8)20-44(54)37(56-21-26-15-11-9-12-16-26)35-41(6,36(51)33(49)31(23)40(44,4)5)29(48)19-30-43(35,22-57-30)59-25(3)47/h9-18,24,28-30,32-35,37,48-50,54H,19-22H2,1-8H3,(H,46,53)/t24-,28+,29+,30?,32+,33-,34-,35+,37+,41-,42-,43+,44-/m1/s1. The monoisotopic (exact) mass is 885 g/mol. The van der Waals surface area contributed by atoms with E-state index in [1.807, 2.05) is 30.3 Å². The summed E-state index contributed by atoms with van der Waals surface area (Å²) < 4.78 is 29.0.